The average Bonchev–Trinajstić information content (AvgIpc) is 3.52. The number of Topliss-reactive ketones (excluding diaryl/α,β-unsaturated/α-hetero) is 1. The molecule has 0 aliphatic carbocycles. The molecule has 0 aliphatic rings. The van der Waals surface area contributed by atoms with Crippen LogP contribution in [-0.4, -0.2) is 37.9 Å². The summed E-state index contributed by atoms with van der Waals surface area (Å²) in [6.45, 7) is 3.05. The molecular formula is C33H32N4O3. The molecule has 0 N–H and O–H groups in total. The van der Waals surface area contributed by atoms with E-state index in [1.165, 1.54) is 0 Å². The summed E-state index contributed by atoms with van der Waals surface area (Å²) >= 11 is 0. The van der Waals surface area contributed by atoms with Crippen LogP contribution in [0.25, 0.3) is 33.5 Å². The predicted octanol–water partition coefficient (Wildman–Crippen LogP) is 6.71. The number of imidazole rings is 1. The van der Waals surface area contributed by atoms with Gasteiger partial charge in [-0.1, -0.05) is 54.6 Å². The molecule has 0 saturated heterocycles. The molecule has 40 heavy (non-hydrogen) atoms. The normalized spacial score (nSPS) is 11.0. The molecule has 5 aromatic rings. The van der Waals surface area contributed by atoms with E-state index in [1.807, 2.05) is 90.5 Å². The molecule has 0 atom stereocenters. The first-order chi connectivity index (χ1) is 19.6. The van der Waals surface area contributed by atoms with Gasteiger partial charge in [-0.3, -0.25) is 9.59 Å². The van der Waals surface area contributed by atoms with E-state index < -0.39 is 0 Å². The van der Waals surface area contributed by atoms with E-state index in [-0.39, 0.29) is 11.8 Å². The van der Waals surface area contributed by atoms with Gasteiger partial charge in [0.2, 0.25) is 0 Å². The number of rotatable bonds is 12. The van der Waals surface area contributed by atoms with Crippen LogP contribution in [0.15, 0.2) is 91.5 Å². The van der Waals surface area contributed by atoms with Crippen LogP contribution in [0.4, 0.5) is 0 Å². The van der Waals surface area contributed by atoms with Crippen LogP contribution >= 0.6 is 0 Å². The summed E-state index contributed by atoms with van der Waals surface area (Å²) in [6.07, 6.45) is 8.65. The molecular weight excluding hydrogens is 500 g/mol. The van der Waals surface area contributed by atoms with Crippen LogP contribution < -0.4 is 0 Å². The molecule has 202 valence electrons. The number of esters is 1. The van der Waals surface area contributed by atoms with Gasteiger partial charge in [0.05, 0.1) is 35.4 Å². The van der Waals surface area contributed by atoms with Gasteiger partial charge in [-0.25, -0.2) is 15.0 Å². The van der Waals surface area contributed by atoms with Crippen molar-refractivity contribution in [1.29, 1.82) is 0 Å². The molecule has 0 radical (unpaired) electrons. The number of carbonyl (C=O) groups excluding carboxylic acids is 2. The van der Waals surface area contributed by atoms with Crippen molar-refractivity contribution in [2.45, 2.75) is 45.6 Å². The Balaban J connectivity index is 1.39. The number of hydrogen-bond donors (Lipinski definition) is 0. The second-order valence-electron chi connectivity index (χ2n) is 9.67. The highest BCUT2D eigenvalue weighted by molar-refractivity contribution is 5.99. The third kappa shape index (κ3) is 6.67. The van der Waals surface area contributed by atoms with Crippen molar-refractivity contribution < 1.29 is 14.3 Å². The lowest BCUT2D eigenvalue weighted by molar-refractivity contribution is -0.143. The summed E-state index contributed by atoms with van der Waals surface area (Å²) in [5, 5.41) is 0. The van der Waals surface area contributed by atoms with E-state index in [4.69, 9.17) is 14.7 Å². The Morgan fingerprint density at radius 1 is 0.825 bits per heavy atom. The number of aromatic nitrogens is 4. The van der Waals surface area contributed by atoms with Crippen LogP contribution in [0.5, 0.6) is 0 Å². The first kappa shape index (κ1) is 26.9. The molecule has 7 heteroatoms. The highest BCUT2D eigenvalue weighted by Gasteiger charge is 2.15. The van der Waals surface area contributed by atoms with Crippen molar-refractivity contribution >= 4 is 22.8 Å². The molecule has 0 fully saturated rings. The molecule has 0 unspecified atom stereocenters. The number of ketones is 1. The first-order valence-corrected chi connectivity index (χ1v) is 13.7. The topological polar surface area (TPSA) is 87.0 Å². The second kappa shape index (κ2) is 12.9. The van der Waals surface area contributed by atoms with Crippen molar-refractivity contribution in [3.63, 3.8) is 0 Å². The van der Waals surface area contributed by atoms with Gasteiger partial charge in [-0.05, 0) is 49.9 Å². The Hall–Kier alpha value is -4.65. The molecule has 0 bridgehead atoms. The third-order valence-electron chi connectivity index (χ3n) is 6.81. The van der Waals surface area contributed by atoms with E-state index >= 15 is 0 Å². The van der Waals surface area contributed by atoms with E-state index in [0.717, 1.165) is 53.0 Å². The van der Waals surface area contributed by atoms with E-state index in [1.54, 1.807) is 12.5 Å². The molecule has 0 amide bonds. The van der Waals surface area contributed by atoms with Gasteiger partial charge in [0.25, 0.3) is 0 Å². The Labute approximate surface area is 233 Å². The molecule has 5 rings (SSSR count). The Morgan fingerprint density at radius 3 is 2.30 bits per heavy atom. The summed E-state index contributed by atoms with van der Waals surface area (Å²) < 4.78 is 7.07. The predicted molar refractivity (Wildman–Crippen MR) is 156 cm³/mol. The lowest BCUT2D eigenvalue weighted by Crippen LogP contribution is -2.05. The summed E-state index contributed by atoms with van der Waals surface area (Å²) in [5.74, 6) is -0.0872. The van der Waals surface area contributed by atoms with Gasteiger partial charge in [0.15, 0.2) is 5.78 Å². The zero-order chi connectivity index (χ0) is 27.7. The highest BCUT2D eigenvalue weighted by Crippen LogP contribution is 2.31. The quantitative estimate of drug-likeness (QED) is 0.101. The standard InChI is InChI=1S/C33H32N4O3/c1-2-40-31(39)18-13-24-11-14-26(15-12-24)33-32(25-8-4-3-5-9-25)35-28-17-16-27(22-29(28)36-33)30(38)10-6-7-20-37-21-19-34-23-37/h3-5,8-9,11-12,14-17,19,21-23H,2,6-7,10,13,18,20H2,1H3. The number of carbonyl (C=O) groups is 2. The summed E-state index contributed by atoms with van der Waals surface area (Å²) in [4.78, 5) is 38.8. The fraction of sp³-hybridized carbons (Fsp3) is 0.242. The lowest BCUT2D eigenvalue weighted by atomic mass is 10.0. The Kier molecular flexibility index (Phi) is 8.71. The number of fused-ring (bicyclic) bond motifs is 1. The van der Waals surface area contributed by atoms with Crippen LogP contribution in [0.2, 0.25) is 0 Å². The number of ether oxygens (including phenoxy) is 1. The van der Waals surface area contributed by atoms with Gasteiger partial charge in [0.1, 0.15) is 0 Å². The summed E-state index contributed by atoms with van der Waals surface area (Å²) in [7, 11) is 0. The van der Waals surface area contributed by atoms with Crippen LogP contribution in [-0.2, 0) is 22.5 Å². The van der Waals surface area contributed by atoms with Crippen molar-refractivity contribution in [1.82, 2.24) is 19.5 Å². The zero-order valence-corrected chi connectivity index (χ0v) is 22.6. The van der Waals surface area contributed by atoms with Gasteiger partial charge in [0, 0.05) is 48.5 Å². The maximum Gasteiger partial charge on any atom is 0.306 e. The molecule has 7 nitrogen and oxygen atoms in total. The molecule has 2 aromatic heterocycles. The largest absolute Gasteiger partial charge is 0.466 e. The van der Waals surface area contributed by atoms with Crippen molar-refractivity contribution in [3.05, 3.63) is 103 Å². The minimum atomic E-state index is -0.193. The SMILES string of the molecule is CCOC(=O)CCc1ccc(-c2nc3cc(C(=O)CCCCn4ccnc4)ccc3nc2-c2ccccc2)cc1. The van der Waals surface area contributed by atoms with E-state index in [2.05, 4.69) is 4.98 Å². The maximum absolute atomic E-state index is 13.0. The van der Waals surface area contributed by atoms with Crippen LogP contribution in [0, 0.1) is 0 Å². The second-order valence-corrected chi connectivity index (χ2v) is 9.67. The summed E-state index contributed by atoms with van der Waals surface area (Å²) in [6, 6.07) is 23.6. The number of unbranched alkanes of at least 4 members (excludes halogenated alkanes) is 1. The smallest absolute Gasteiger partial charge is 0.306 e. The van der Waals surface area contributed by atoms with Gasteiger partial charge in [-0.2, -0.15) is 0 Å². The van der Waals surface area contributed by atoms with Crippen LogP contribution in [0.3, 0.4) is 0 Å². The minimum absolute atomic E-state index is 0.106. The number of hydrogen-bond acceptors (Lipinski definition) is 6. The first-order valence-electron chi connectivity index (χ1n) is 13.7. The van der Waals surface area contributed by atoms with E-state index in [0.29, 0.717) is 36.9 Å². The van der Waals surface area contributed by atoms with Crippen molar-refractivity contribution in [2.24, 2.45) is 0 Å². The zero-order valence-electron chi connectivity index (χ0n) is 22.6. The fourth-order valence-electron chi connectivity index (χ4n) is 4.68. The van der Waals surface area contributed by atoms with Crippen molar-refractivity contribution in [3.8, 4) is 22.5 Å². The lowest BCUT2D eigenvalue weighted by Gasteiger charge is -2.12. The van der Waals surface area contributed by atoms with E-state index in [9.17, 15) is 9.59 Å². The average molecular weight is 533 g/mol. The molecule has 0 aliphatic heterocycles. The summed E-state index contributed by atoms with van der Waals surface area (Å²) in [5.41, 5.74) is 6.55. The highest BCUT2D eigenvalue weighted by atomic mass is 16.5. The third-order valence-corrected chi connectivity index (χ3v) is 6.81. The van der Waals surface area contributed by atoms with Gasteiger partial charge in [-0.15, -0.1) is 0 Å². The monoisotopic (exact) mass is 532 g/mol. The minimum Gasteiger partial charge on any atom is -0.466 e. The Morgan fingerprint density at radius 2 is 1.57 bits per heavy atom. The number of aryl methyl sites for hydroxylation is 2. The molecule has 2 heterocycles. The number of nitrogens with zero attached hydrogens (tertiary/aromatic N) is 4. The number of benzene rings is 3. The molecule has 3 aromatic carbocycles. The van der Waals surface area contributed by atoms with Crippen molar-refractivity contribution in [2.75, 3.05) is 6.61 Å². The fourth-order valence-corrected chi connectivity index (χ4v) is 4.68. The van der Waals surface area contributed by atoms with Gasteiger partial charge >= 0.3 is 5.97 Å². The maximum atomic E-state index is 13.0. The molecule has 0 saturated carbocycles. The van der Waals surface area contributed by atoms with Gasteiger partial charge < -0.3 is 9.30 Å². The van der Waals surface area contributed by atoms with Crippen LogP contribution in [0.1, 0.15) is 48.5 Å². The Bertz CT molecular complexity index is 1580. The molecule has 0 spiro atoms.